The first kappa shape index (κ1) is 21.8. The summed E-state index contributed by atoms with van der Waals surface area (Å²) in [7, 11) is 0. The molecule has 1 amide bonds. The van der Waals surface area contributed by atoms with E-state index in [1.165, 1.54) is 0 Å². The molecule has 1 fully saturated rings. The van der Waals surface area contributed by atoms with E-state index in [0.717, 1.165) is 27.8 Å². The summed E-state index contributed by atoms with van der Waals surface area (Å²) in [4.78, 5) is 29.3. The molecule has 0 bridgehead atoms. The van der Waals surface area contributed by atoms with Crippen LogP contribution in [-0.4, -0.2) is 35.2 Å². The topological polar surface area (TPSA) is 104 Å². The summed E-state index contributed by atoms with van der Waals surface area (Å²) in [6.07, 6.45) is 4.55. The van der Waals surface area contributed by atoms with Gasteiger partial charge >= 0.3 is 6.09 Å². The molecule has 2 aromatic carbocycles. The lowest BCUT2D eigenvalue weighted by atomic mass is 9.98. The predicted molar refractivity (Wildman–Crippen MR) is 126 cm³/mol. The number of nitrogens with one attached hydrogen (secondary N) is 2. The van der Waals surface area contributed by atoms with Crippen LogP contribution in [0.2, 0.25) is 0 Å². The van der Waals surface area contributed by atoms with Crippen LogP contribution in [-0.2, 0) is 16.0 Å². The number of benzene rings is 2. The van der Waals surface area contributed by atoms with Gasteiger partial charge in [0.25, 0.3) is 0 Å². The van der Waals surface area contributed by atoms with Crippen molar-refractivity contribution in [3.05, 3.63) is 89.7 Å². The Hall–Kier alpha value is -4.02. The Morgan fingerprint density at radius 1 is 1.09 bits per heavy atom. The van der Waals surface area contributed by atoms with E-state index in [4.69, 9.17) is 4.74 Å². The fourth-order valence-electron chi connectivity index (χ4n) is 4.68. The van der Waals surface area contributed by atoms with E-state index in [2.05, 4.69) is 33.8 Å². The summed E-state index contributed by atoms with van der Waals surface area (Å²) in [6, 6.07) is 21.9. The lowest BCUT2D eigenvalue weighted by Gasteiger charge is -2.32. The van der Waals surface area contributed by atoms with Crippen LogP contribution in [0.3, 0.4) is 0 Å². The van der Waals surface area contributed by atoms with Crippen molar-refractivity contribution in [3.8, 4) is 17.2 Å². The lowest BCUT2D eigenvalue weighted by Crippen LogP contribution is -2.65. The normalized spacial score (nSPS) is 16.9. The minimum absolute atomic E-state index is 0.0918. The molecule has 0 saturated heterocycles. The fourth-order valence-corrected chi connectivity index (χ4v) is 4.68. The number of pyridine rings is 1. The van der Waals surface area contributed by atoms with Crippen LogP contribution in [0.5, 0.6) is 0 Å². The van der Waals surface area contributed by atoms with Gasteiger partial charge < -0.3 is 4.74 Å². The highest BCUT2D eigenvalue weighted by Gasteiger charge is 2.50. The number of hydrogen-bond donors (Lipinski definition) is 2. The highest BCUT2D eigenvalue weighted by atomic mass is 16.5. The molecule has 34 heavy (non-hydrogen) atoms. The molecule has 1 saturated carbocycles. The van der Waals surface area contributed by atoms with Crippen LogP contribution < -0.4 is 10.6 Å². The third-order valence-corrected chi connectivity index (χ3v) is 6.53. The van der Waals surface area contributed by atoms with Crippen LogP contribution >= 0.6 is 0 Å². The number of carbonyl (C=O) groups excluding carboxylic acids is 2. The predicted octanol–water partition coefficient (Wildman–Crippen LogP) is 3.70. The van der Waals surface area contributed by atoms with Gasteiger partial charge in [-0.25, -0.2) is 4.79 Å². The number of ether oxygens (including phenoxy) is 1. The molecule has 1 atom stereocenters. The maximum Gasteiger partial charge on any atom is 0.408 e. The number of aldehydes is 1. The van der Waals surface area contributed by atoms with Gasteiger partial charge in [0.15, 0.2) is 11.9 Å². The van der Waals surface area contributed by atoms with Gasteiger partial charge in [0.2, 0.25) is 0 Å². The number of hydrogen-bond acceptors (Lipinski definition) is 6. The Kier molecular flexibility index (Phi) is 5.60. The highest BCUT2D eigenvalue weighted by Crippen LogP contribution is 2.44. The molecule has 0 spiro atoms. The Bertz CT molecular complexity index is 1220. The number of carbonyl (C=O) groups is 2. The molecule has 5 rings (SSSR count). The van der Waals surface area contributed by atoms with Crippen LogP contribution in [0, 0.1) is 11.3 Å². The van der Waals surface area contributed by atoms with Crippen LogP contribution in [0.15, 0.2) is 73.1 Å². The first-order chi connectivity index (χ1) is 16.6. The maximum absolute atomic E-state index is 13.0. The van der Waals surface area contributed by atoms with E-state index in [0.29, 0.717) is 19.1 Å². The van der Waals surface area contributed by atoms with Crippen molar-refractivity contribution in [2.45, 2.75) is 36.4 Å². The molecule has 170 valence electrons. The van der Waals surface area contributed by atoms with Crippen molar-refractivity contribution in [1.29, 1.82) is 5.26 Å². The number of rotatable bonds is 8. The van der Waals surface area contributed by atoms with Gasteiger partial charge in [-0.05, 0) is 52.8 Å². The van der Waals surface area contributed by atoms with Gasteiger partial charge in [-0.2, -0.15) is 5.26 Å². The summed E-state index contributed by atoms with van der Waals surface area (Å²) in [5, 5.41) is 15.4. The van der Waals surface area contributed by atoms with Gasteiger partial charge in [0.1, 0.15) is 12.1 Å². The zero-order chi connectivity index (χ0) is 23.6. The van der Waals surface area contributed by atoms with E-state index < -0.39 is 17.3 Å². The van der Waals surface area contributed by atoms with Crippen LogP contribution in [0.25, 0.3) is 11.1 Å². The number of fused-ring (bicyclic) bond motifs is 3. The van der Waals surface area contributed by atoms with Gasteiger partial charge in [-0.3, -0.25) is 20.4 Å². The molecule has 1 aromatic heterocycles. The maximum atomic E-state index is 13.0. The molecule has 3 aromatic rings. The van der Waals surface area contributed by atoms with Crippen molar-refractivity contribution < 1.29 is 14.3 Å². The Balaban J connectivity index is 1.34. The minimum atomic E-state index is -1.48. The summed E-state index contributed by atoms with van der Waals surface area (Å²) in [6.45, 7) is 0.132. The summed E-state index contributed by atoms with van der Waals surface area (Å²) < 4.78 is 5.66. The number of nitriles is 1. The summed E-state index contributed by atoms with van der Waals surface area (Å²) in [5.41, 5.74) is 2.98. The van der Waals surface area contributed by atoms with Gasteiger partial charge in [0.05, 0.1) is 6.07 Å². The largest absolute Gasteiger partial charge is 0.449 e. The number of alkyl carbamates (subject to hydrolysis) is 1. The van der Waals surface area contributed by atoms with Gasteiger partial charge in [-0.15, -0.1) is 0 Å². The van der Waals surface area contributed by atoms with Crippen LogP contribution in [0.1, 0.15) is 35.4 Å². The molecule has 0 radical (unpaired) electrons. The Morgan fingerprint density at radius 3 is 2.26 bits per heavy atom. The van der Waals surface area contributed by atoms with Crippen molar-refractivity contribution in [2.24, 2.45) is 0 Å². The lowest BCUT2D eigenvalue weighted by molar-refractivity contribution is -0.114. The van der Waals surface area contributed by atoms with Crippen molar-refractivity contribution in [1.82, 2.24) is 15.6 Å². The van der Waals surface area contributed by atoms with Crippen molar-refractivity contribution in [2.75, 3.05) is 6.61 Å². The summed E-state index contributed by atoms with van der Waals surface area (Å²) in [5.74, 6) is -0.0918. The molecular weight excluding hydrogens is 428 g/mol. The fraction of sp³-hybridized carbons (Fsp3) is 0.259. The second kappa shape index (κ2) is 8.73. The SMILES string of the molecule is N#CC1(N[C@@](C=O)(Cc2ccncc2)NC(=O)OCC2c3ccccc3-c3ccccc32)CC1. The molecule has 2 aliphatic rings. The molecule has 2 aliphatic carbocycles. The average Bonchev–Trinajstić information content (AvgIpc) is 3.57. The van der Waals surface area contributed by atoms with Gasteiger partial charge in [0, 0.05) is 24.7 Å². The Morgan fingerprint density at radius 2 is 1.71 bits per heavy atom. The number of amides is 1. The standard InChI is InChI=1S/C27H24N4O3/c28-17-26(11-12-26)31-27(18-32,15-19-9-13-29-14-10-19)30-25(33)34-16-24-22-7-3-1-5-20(22)21-6-2-4-8-23(21)24/h1-10,13-14,18,24,31H,11-12,15-16H2,(H,30,33)/t27-/m1/s1. The second-order valence-electron chi connectivity index (χ2n) is 8.89. The Labute approximate surface area is 197 Å². The third-order valence-electron chi connectivity index (χ3n) is 6.53. The average molecular weight is 453 g/mol. The van der Waals surface area contributed by atoms with Gasteiger partial charge in [-0.1, -0.05) is 48.5 Å². The third kappa shape index (κ3) is 4.16. The molecule has 0 unspecified atom stereocenters. The zero-order valence-electron chi connectivity index (χ0n) is 18.5. The first-order valence-corrected chi connectivity index (χ1v) is 11.3. The molecular formula is C27H24N4O3. The van der Waals surface area contributed by atoms with Crippen molar-refractivity contribution in [3.63, 3.8) is 0 Å². The van der Waals surface area contributed by atoms with Crippen LogP contribution in [0.4, 0.5) is 4.79 Å². The quantitative estimate of drug-likeness (QED) is 0.399. The highest BCUT2D eigenvalue weighted by molar-refractivity contribution is 5.80. The van der Waals surface area contributed by atoms with E-state index in [-0.39, 0.29) is 18.9 Å². The molecule has 7 heteroatoms. The molecule has 0 aliphatic heterocycles. The molecule has 2 N–H and O–H groups in total. The monoisotopic (exact) mass is 452 g/mol. The second-order valence-corrected chi connectivity index (χ2v) is 8.89. The number of nitrogens with zero attached hydrogens (tertiary/aromatic N) is 2. The first-order valence-electron chi connectivity index (χ1n) is 11.3. The minimum Gasteiger partial charge on any atom is -0.449 e. The van der Waals surface area contributed by atoms with E-state index in [1.807, 2.05) is 36.4 Å². The van der Waals surface area contributed by atoms with E-state index in [1.54, 1.807) is 24.5 Å². The number of aromatic nitrogens is 1. The van der Waals surface area contributed by atoms with Crippen molar-refractivity contribution >= 4 is 12.4 Å². The zero-order valence-corrected chi connectivity index (χ0v) is 18.5. The smallest absolute Gasteiger partial charge is 0.408 e. The molecule has 7 nitrogen and oxygen atoms in total. The molecule has 1 heterocycles. The van der Waals surface area contributed by atoms with E-state index in [9.17, 15) is 14.9 Å². The summed E-state index contributed by atoms with van der Waals surface area (Å²) >= 11 is 0. The van der Waals surface area contributed by atoms with E-state index >= 15 is 0 Å².